The third-order valence-electron chi connectivity index (χ3n) is 4.03. The first kappa shape index (κ1) is 12.4. The van der Waals surface area contributed by atoms with Gasteiger partial charge in [-0.1, -0.05) is 15.9 Å². The van der Waals surface area contributed by atoms with Crippen LogP contribution in [0.1, 0.15) is 32.1 Å². The third-order valence-corrected chi connectivity index (χ3v) is 4.94. The van der Waals surface area contributed by atoms with Gasteiger partial charge in [0.05, 0.1) is 12.0 Å². The second-order valence-corrected chi connectivity index (χ2v) is 5.71. The van der Waals surface area contributed by atoms with Gasteiger partial charge in [0.25, 0.3) is 0 Å². The van der Waals surface area contributed by atoms with Crippen molar-refractivity contribution < 1.29 is 9.53 Å². The van der Waals surface area contributed by atoms with Crippen LogP contribution in [0.5, 0.6) is 0 Å². The maximum atomic E-state index is 12.1. The molecule has 0 aromatic rings. The fraction of sp³-hybridized carbons (Fsp3) is 0.917. The summed E-state index contributed by atoms with van der Waals surface area (Å²) in [5.74, 6) is 0.925. The first-order valence-electron chi connectivity index (χ1n) is 6.08. The van der Waals surface area contributed by atoms with Crippen LogP contribution in [-0.4, -0.2) is 41.9 Å². The smallest absolute Gasteiger partial charge is 0.225 e. The van der Waals surface area contributed by atoms with Crippen molar-refractivity contribution in [3.8, 4) is 0 Å². The number of carbonyl (C=O) groups excluding carboxylic acids is 1. The zero-order chi connectivity index (χ0) is 11.6. The standard InChI is InChI=1S/C12H20BrNO2/c1-16-12(4-2-5-12)7-11(15)14-6-3-10(8-13)9-14/h10H,2-9H2,1H3. The van der Waals surface area contributed by atoms with Gasteiger partial charge in [-0.05, 0) is 31.6 Å². The number of likely N-dealkylation sites (tertiary alicyclic amines) is 1. The largest absolute Gasteiger partial charge is 0.378 e. The average molecular weight is 290 g/mol. The summed E-state index contributed by atoms with van der Waals surface area (Å²) in [6, 6.07) is 0. The Labute approximate surface area is 106 Å². The van der Waals surface area contributed by atoms with E-state index < -0.39 is 0 Å². The minimum Gasteiger partial charge on any atom is -0.378 e. The van der Waals surface area contributed by atoms with Crippen LogP contribution < -0.4 is 0 Å². The molecule has 0 aromatic carbocycles. The number of methoxy groups -OCH3 is 1. The van der Waals surface area contributed by atoms with E-state index in [1.165, 1.54) is 6.42 Å². The zero-order valence-corrected chi connectivity index (χ0v) is 11.5. The fourth-order valence-electron chi connectivity index (χ4n) is 2.60. The molecule has 1 saturated carbocycles. The number of hydrogen-bond acceptors (Lipinski definition) is 2. The molecule has 4 heteroatoms. The van der Waals surface area contributed by atoms with Crippen molar-refractivity contribution in [3.05, 3.63) is 0 Å². The number of amides is 1. The van der Waals surface area contributed by atoms with Crippen molar-refractivity contribution in [2.24, 2.45) is 5.92 Å². The molecule has 1 aliphatic carbocycles. The van der Waals surface area contributed by atoms with Gasteiger partial charge in [0.2, 0.25) is 5.91 Å². The third kappa shape index (κ3) is 2.43. The molecule has 1 heterocycles. The van der Waals surface area contributed by atoms with Gasteiger partial charge in [0.15, 0.2) is 0 Å². The monoisotopic (exact) mass is 289 g/mol. The Morgan fingerprint density at radius 3 is 2.75 bits per heavy atom. The van der Waals surface area contributed by atoms with Crippen LogP contribution in [-0.2, 0) is 9.53 Å². The summed E-state index contributed by atoms with van der Waals surface area (Å²) in [5.41, 5.74) is -0.121. The van der Waals surface area contributed by atoms with Crippen molar-refractivity contribution in [2.45, 2.75) is 37.7 Å². The van der Waals surface area contributed by atoms with E-state index in [0.29, 0.717) is 12.3 Å². The fourth-order valence-corrected chi connectivity index (χ4v) is 3.13. The van der Waals surface area contributed by atoms with Crippen molar-refractivity contribution in [3.63, 3.8) is 0 Å². The van der Waals surface area contributed by atoms with Crippen LogP contribution in [0.25, 0.3) is 0 Å². The molecule has 0 N–H and O–H groups in total. The summed E-state index contributed by atoms with van der Waals surface area (Å²) in [7, 11) is 1.73. The highest BCUT2D eigenvalue weighted by atomic mass is 79.9. The Morgan fingerprint density at radius 1 is 1.56 bits per heavy atom. The molecule has 92 valence electrons. The minimum absolute atomic E-state index is 0.121. The number of halogens is 1. The molecule has 0 spiro atoms. The average Bonchev–Trinajstić information content (AvgIpc) is 2.71. The van der Waals surface area contributed by atoms with Gasteiger partial charge in [-0.3, -0.25) is 4.79 Å². The summed E-state index contributed by atoms with van der Waals surface area (Å²) in [5, 5.41) is 1.01. The number of hydrogen-bond donors (Lipinski definition) is 0. The van der Waals surface area contributed by atoms with E-state index in [1.54, 1.807) is 7.11 Å². The van der Waals surface area contributed by atoms with Gasteiger partial charge in [-0.15, -0.1) is 0 Å². The normalized spacial score (nSPS) is 27.9. The highest BCUT2D eigenvalue weighted by molar-refractivity contribution is 9.09. The molecule has 16 heavy (non-hydrogen) atoms. The minimum atomic E-state index is -0.121. The molecule has 1 unspecified atom stereocenters. The molecule has 2 aliphatic rings. The maximum absolute atomic E-state index is 12.1. The zero-order valence-electron chi connectivity index (χ0n) is 9.88. The molecule has 1 amide bonds. The van der Waals surface area contributed by atoms with E-state index in [0.717, 1.165) is 37.7 Å². The van der Waals surface area contributed by atoms with Gasteiger partial charge >= 0.3 is 0 Å². The lowest BCUT2D eigenvalue weighted by Crippen LogP contribution is -2.44. The number of carbonyl (C=O) groups is 1. The molecule has 1 aliphatic heterocycles. The number of ether oxygens (including phenoxy) is 1. The van der Waals surface area contributed by atoms with E-state index in [-0.39, 0.29) is 11.5 Å². The van der Waals surface area contributed by atoms with Crippen LogP contribution in [0.15, 0.2) is 0 Å². The van der Waals surface area contributed by atoms with Crippen LogP contribution >= 0.6 is 15.9 Å². The highest BCUT2D eigenvalue weighted by Crippen LogP contribution is 2.38. The van der Waals surface area contributed by atoms with Crippen LogP contribution in [0.4, 0.5) is 0 Å². The lowest BCUT2D eigenvalue weighted by atomic mass is 9.77. The van der Waals surface area contributed by atoms with Gasteiger partial charge in [0.1, 0.15) is 0 Å². The molecule has 3 nitrogen and oxygen atoms in total. The lowest BCUT2D eigenvalue weighted by Gasteiger charge is -2.40. The number of rotatable bonds is 4. The van der Waals surface area contributed by atoms with E-state index >= 15 is 0 Å². The summed E-state index contributed by atoms with van der Waals surface area (Å²) in [4.78, 5) is 14.1. The number of alkyl halides is 1. The Kier molecular flexibility index (Phi) is 3.90. The van der Waals surface area contributed by atoms with Crippen molar-refractivity contribution in [1.82, 2.24) is 4.90 Å². The van der Waals surface area contributed by atoms with E-state index in [9.17, 15) is 4.79 Å². The highest BCUT2D eigenvalue weighted by Gasteiger charge is 2.40. The summed E-state index contributed by atoms with van der Waals surface area (Å²) < 4.78 is 5.50. The second-order valence-electron chi connectivity index (χ2n) is 5.07. The quantitative estimate of drug-likeness (QED) is 0.743. The molecule has 0 bridgehead atoms. The molecule has 0 aromatic heterocycles. The van der Waals surface area contributed by atoms with Gasteiger partial charge < -0.3 is 9.64 Å². The molecule has 2 rings (SSSR count). The predicted octanol–water partition coefficient (Wildman–Crippen LogP) is 2.19. The van der Waals surface area contributed by atoms with E-state index in [4.69, 9.17) is 4.74 Å². The molecular weight excluding hydrogens is 270 g/mol. The Balaban J connectivity index is 1.84. The van der Waals surface area contributed by atoms with Gasteiger partial charge in [0, 0.05) is 25.5 Å². The molecule has 0 radical (unpaired) electrons. The molecular formula is C12H20BrNO2. The van der Waals surface area contributed by atoms with E-state index in [2.05, 4.69) is 15.9 Å². The van der Waals surface area contributed by atoms with Crippen molar-refractivity contribution >= 4 is 21.8 Å². The molecule has 1 atom stereocenters. The summed E-state index contributed by atoms with van der Waals surface area (Å²) in [6.45, 7) is 1.85. The van der Waals surface area contributed by atoms with E-state index in [1.807, 2.05) is 4.90 Å². The predicted molar refractivity (Wildman–Crippen MR) is 66.7 cm³/mol. The topological polar surface area (TPSA) is 29.5 Å². The number of nitrogens with zero attached hydrogens (tertiary/aromatic N) is 1. The van der Waals surface area contributed by atoms with Crippen LogP contribution in [0, 0.1) is 5.92 Å². The SMILES string of the molecule is COC1(CC(=O)N2CCC(CBr)C2)CCC1. The first-order valence-corrected chi connectivity index (χ1v) is 7.20. The second kappa shape index (κ2) is 5.05. The Bertz CT molecular complexity index is 260. The van der Waals surface area contributed by atoms with Crippen molar-refractivity contribution in [1.29, 1.82) is 0 Å². The maximum Gasteiger partial charge on any atom is 0.225 e. The van der Waals surface area contributed by atoms with Crippen molar-refractivity contribution in [2.75, 3.05) is 25.5 Å². The molecule has 1 saturated heterocycles. The molecule has 2 fully saturated rings. The Morgan fingerprint density at radius 2 is 2.31 bits per heavy atom. The van der Waals surface area contributed by atoms with Gasteiger partial charge in [-0.25, -0.2) is 0 Å². The van der Waals surface area contributed by atoms with Gasteiger partial charge in [-0.2, -0.15) is 0 Å². The summed E-state index contributed by atoms with van der Waals surface area (Å²) >= 11 is 3.49. The lowest BCUT2D eigenvalue weighted by molar-refractivity contribution is -0.143. The summed E-state index contributed by atoms with van der Waals surface area (Å²) in [6.07, 6.45) is 5.01. The Hall–Kier alpha value is -0.0900. The van der Waals surface area contributed by atoms with Crippen LogP contribution in [0.2, 0.25) is 0 Å². The first-order chi connectivity index (χ1) is 7.69. The van der Waals surface area contributed by atoms with Crippen LogP contribution in [0.3, 0.4) is 0 Å².